The molecule has 0 fully saturated rings. The predicted octanol–water partition coefficient (Wildman–Crippen LogP) is 0.452. The third-order valence-corrected chi connectivity index (χ3v) is 2.69. The average Bonchev–Trinajstić information content (AvgIpc) is 2.61. The Bertz CT molecular complexity index is 378. The van der Waals surface area contributed by atoms with Gasteiger partial charge in [0.1, 0.15) is 0 Å². The molecule has 1 aromatic rings. The molecule has 0 aliphatic heterocycles. The topological polar surface area (TPSA) is 72.9 Å². The zero-order valence-electron chi connectivity index (χ0n) is 11.0. The summed E-state index contributed by atoms with van der Waals surface area (Å²) in [6.45, 7) is 6.46. The van der Waals surface area contributed by atoms with Crippen molar-refractivity contribution in [3.05, 3.63) is 18.0 Å². The van der Waals surface area contributed by atoms with Crippen molar-refractivity contribution in [3.8, 4) is 0 Å². The van der Waals surface area contributed by atoms with Gasteiger partial charge in [-0.2, -0.15) is 5.10 Å². The molecular formula is C12H22N4O. The van der Waals surface area contributed by atoms with Gasteiger partial charge in [-0.15, -0.1) is 0 Å². The average molecular weight is 238 g/mol. The van der Waals surface area contributed by atoms with E-state index in [2.05, 4.69) is 10.4 Å². The summed E-state index contributed by atoms with van der Waals surface area (Å²) >= 11 is 0. The van der Waals surface area contributed by atoms with E-state index in [9.17, 15) is 4.79 Å². The van der Waals surface area contributed by atoms with E-state index in [-0.39, 0.29) is 11.3 Å². The molecule has 0 aliphatic carbocycles. The molecule has 0 spiro atoms. The first-order valence-electron chi connectivity index (χ1n) is 5.81. The van der Waals surface area contributed by atoms with Crippen molar-refractivity contribution in [1.82, 2.24) is 15.1 Å². The number of nitrogens with zero attached hydrogens (tertiary/aromatic N) is 2. The monoisotopic (exact) mass is 238 g/mol. The van der Waals surface area contributed by atoms with Crippen LogP contribution in [0.5, 0.6) is 0 Å². The van der Waals surface area contributed by atoms with Gasteiger partial charge in [0.05, 0.1) is 12.2 Å². The van der Waals surface area contributed by atoms with Crippen molar-refractivity contribution in [2.24, 2.45) is 18.2 Å². The number of nitrogens with one attached hydrogen (secondary N) is 1. The molecule has 0 radical (unpaired) electrons. The largest absolute Gasteiger partial charge is 0.354 e. The minimum atomic E-state index is -0.476. The van der Waals surface area contributed by atoms with E-state index >= 15 is 0 Å². The maximum absolute atomic E-state index is 11.7. The highest BCUT2D eigenvalue weighted by atomic mass is 16.2. The van der Waals surface area contributed by atoms with Gasteiger partial charge in [0, 0.05) is 19.8 Å². The zero-order valence-corrected chi connectivity index (χ0v) is 11.0. The van der Waals surface area contributed by atoms with Gasteiger partial charge in [0.15, 0.2) is 0 Å². The van der Waals surface area contributed by atoms with Crippen LogP contribution in [0.4, 0.5) is 0 Å². The van der Waals surface area contributed by atoms with Gasteiger partial charge >= 0.3 is 0 Å². The molecule has 17 heavy (non-hydrogen) atoms. The van der Waals surface area contributed by atoms with Gasteiger partial charge in [0.25, 0.3) is 0 Å². The normalized spacial score (nSPS) is 13.5. The van der Waals surface area contributed by atoms with E-state index in [0.717, 1.165) is 12.0 Å². The summed E-state index contributed by atoms with van der Waals surface area (Å²) in [6.07, 6.45) is 4.52. The highest BCUT2D eigenvalue weighted by Crippen LogP contribution is 2.17. The molecule has 3 N–H and O–H groups in total. The lowest BCUT2D eigenvalue weighted by Gasteiger charge is -2.25. The molecule has 5 heteroatoms. The molecule has 0 aliphatic rings. The number of rotatable bonds is 4. The fraction of sp³-hybridized carbons (Fsp3) is 0.667. The first kappa shape index (κ1) is 13.7. The smallest absolute Gasteiger partial charge is 0.237 e. The molecule has 1 heterocycles. The molecule has 5 nitrogen and oxygen atoms in total. The van der Waals surface area contributed by atoms with Crippen LogP contribution in [0.25, 0.3) is 0 Å². The molecule has 1 aromatic heterocycles. The van der Waals surface area contributed by atoms with Gasteiger partial charge < -0.3 is 11.1 Å². The van der Waals surface area contributed by atoms with Gasteiger partial charge in [-0.3, -0.25) is 9.48 Å². The highest BCUT2D eigenvalue weighted by molar-refractivity contribution is 5.82. The van der Waals surface area contributed by atoms with Gasteiger partial charge in [-0.1, -0.05) is 20.8 Å². The summed E-state index contributed by atoms with van der Waals surface area (Å²) in [6, 6.07) is -0.476. The lowest BCUT2D eigenvalue weighted by atomic mass is 9.87. The Balaban J connectivity index is 2.34. The maximum Gasteiger partial charge on any atom is 0.237 e. The van der Waals surface area contributed by atoms with Gasteiger partial charge in [-0.25, -0.2) is 0 Å². The molecule has 1 unspecified atom stereocenters. The van der Waals surface area contributed by atoms with Crippen LogP contribution >= 0.6 is 0 Å². The Morgan fingerprint density at radius 1 is 1.59 bits per heavy atom. The summed E-state index contributed by atoms with van der Waals surface area (Å²) in [5, 5.41) is 6.91. The molecule has 1 atom stereocenters. The van der Waals surface area contributed by atoms with Crippen molar-refractivity contribution in [1.29, 1.82) is 0 Å². The van der Waals surface area contributed by atoms with E-state index in [4.69, 9.17) is 5.73 Å². The zero-order chi connectivity index (χ0) is 13.1. The highest BCUT2D eigenvalue weighted by Gasteiger charge is 2.26. The number of carbonyl (C=O) groups is 1. The third-order valence-electron chi connectivity index (χ3n) is 2.69. The Morgan fingerprint density at radius 3 is 2.71 bits per heavy atom. The van der Waals surface area contributed by atoms with E-state index < -0.39 is 6.04 Å². The summed E-state index contributed by atoms with van der Waals surface area (Å²) in [7, 11) is 1.87. The van der Waals surface area contributed by atoms with Crippen LogP contribution in [-0.2, 0) is 18.3 Å². The fourth-order valence-corrected chi connectivity index (χ4v) is 1.43. The lowest BCUT2D eigenvalue weighted by molar-refractivity contribution is -0.124. The number of carbonyl (C=O) groups excluding carboxylic acids is 1. The second kappa shape index (κ2) is 5.31. The fourth-order valence-electron chi connectivity index (χ4n) is 1.43. The molecule has 1 amide bonds. The van der Waals surface area contributed by atoms with Crippen molar-refractivity contribution in [2.45, 2.75) is 33.2 Å². The Hall–Kier alpha value is -1.36. The molecule has 1 rings (SSSR count). The number of nitrogens with two attached hydrogens (primary N) is 1. The minimum absolute atomic E-state index is 0.0959. The van der Waals surface area contributed by atoms with Crippen molar-refractivity contribution in [3.63, 3.8) is 0 Å². The van der Waals surface area contributed by atoms with E-state index in [1.54, 1.807) is 10.9 Å². The van der Waals surface area contributed by atoms with Crippen LogP contribution in [0.1, 0.15) is 26.3 Å². The molecule has 96 valence electrons. The Kier molecular flexibility index (Phi) is 4.28. The standard InChI is InChI=1S/C12H22N4O/c1-12(2,3)10(13)11(17)14-6-5-9-7-15-16(4)8-9/h7-8,10H,5-6,13H2,1-4H3,(H,14,17). The number of amides is 1. The van der Waals surface area contributed by atoms with E-state index in [0.29, 0.717) is 6.54 Å². The number of hydrogen-bond donors (Lipinski definition) is 2. The van der Waals surface area contributed by atoms with Gasteiger partial charge in [0.2, 0.25) is 5.91 Å². The quantitative estimate of drug-likeness (QED) is 0.800. The lowest BCUT2D eigenvalue weighted by Crippen LogP contribution is -2.48. The van der Waals surface area contributed by atoms with Crippen LogP contribution in [0.2, 0.25) is 0 Å². The summed E-state index contributed by atoms with van der Waals surface area (Å²) in [5.41, 5.74) is 6.75. The van der Waals surface area contributed by atoms with Crippen LogP contribution < -0.4 is 11.1 Å². The van der Waals surface area contributed by atoms with Crippen LogP contribution in [-0.4, -0.2) is 28.3 Å². The number of aryl methyl sites for hydroxylation is 1. The van der Waals surface area contributed by atoms with Crippen LogP contribution in [0, 0.1) is 5.41 Å². The first-order valence-corrected chi connectivity index (χ1v) is 5.81. The molecular weight excluding hydrogens is 216 g/mol. The minimum Gasteiger partial charge on any atom is -0.354 e. The van der Waals surface area contributed by atoms with Crippen molar-refractivity contribution < 1.29 is 4.79 Å². The molecule has 0 bridgehead atoms. The predicted molar refractivity (Wildman–Crippen MR) is 67.4 cm³/mol. The van der Waals surface area contributed by atoms with E-state index in [1.807, 2.05) is 34.0 Å². The number of aromatic nitrogens is 2. The Labute approximate surface area is 102 Å². The van der Waals surface area contributed by atoms with Crippen LogP contribution in [0.3, 0.4) is 0 Å². The summed E-state index contributed by atoms with van der Waals surface area (Å²) in [4.78, 5) is 11.7. The summed E-state index contributed by atoms with van der Waals surface area (Å²) in [5.74, 6) is -0.0959. The second-order valence-corrected chi connectivity index (χ2v) is 5.41. The van der Waals surface area contributed by atoms with Gasteiger partial charge in [-0.05, 0) is 17.4 Å². The number of hydrogen-bond acceptors (Lipinski definition) is 3. The Morgan fingerprint density at radius 2 is 2.24 bits per heavy atom. The first-order chi connectivity index (χ1) is 7.80. The van der Waals surface area contributed by atoms with Crippen molar-refractivity contribution >= 4 is 5.91 Å². The molecule has 0 saturated carbocycles. The maximum atomic E-state index is 11.7. The SMILES string of the molecule is Cn1cc(CCNC(=O)C(N)C(C)(C)C)cn1. The van der Waals surface area contributed by atoms with E-state index in [1.165, 1.54) is 0 Å². The molecule has 0 aromatic carbocycles. The second-order valence-electron chi connectivity index (χ2n) is 5.41. The third kappa shape index (κ3) is 4.19. The summed E-state index contributed by atoms with van der Waals surface area (Å²) < 4.78 is 1.75. The van der Waals surface area contributed by atoms with Crippen molar-refractivity contribution in [2.75, 3.05) is 6.54 Å². The van der Waals surface area contributed by atoms with Crippen LogP contribution in [0.15, 0.2) is 12.4 Å². The molecule has 0 saturated heterocycles.